The van der Waals surface area contributed by atoms with Crippen LogP contribution in [0, 0.1) is 23.7 Å². The highest BCUT2D eigenvalue weighted by molar-refractivity contribution is 5.92. The fourth-order valence-corrected chi connectivity index (χ4v) is 8.33. The van der Waals surface area contributed by atoms with Crippen LogP contribution in [0.2, 0.25) is 0 Å². The first-order valence-electron chi connectivity index (χ1n) is 24.3. The summed E-state index contributed by atoms with van der Waals surface area (Å²) in [5.74, 6) is 1.32. The highest BCUT2D eigenvalue weighted by atomic mass is 16.7. The molecule has 0 bridgehead atoms. The standard InChI is InChI=1S/C28H56N2O6.C12H12N2O.C7H14O3.2C2H6/c1-10-25(29-8)28(7,34)27(33)22(6)30(9)16-20(4)14-23(32)24(12-11-18(2)17-31)36-26-15-19(3)13-21(5)35-26;1-9(15-2)14-12-7-8-13-11-6-4-3-5-10(11)12;1-4-3-6(8)10-5(2)7(4)9;2*1-2/h17-27,29,32-34H,10-16H2,1-9H3;3-8H,1-2H3;4-9H,3H2,1-2H3;2*1-2H3/t18?,19?,20-,21?,22?,23?,24-,25-,26?,27?,28-;;4?,5?,6-,7-;;/m1.1../s1. The van der Waals surface area contributed by atoms with E-state index in [-0.39, 0.29) is 48.3 Å². The number of aldehydes is 1. The van der Waals surface area contributed by atoms with Gasteiger partial charge in [-0.25, -0.2) is 4.99 Å². The largest absolute Gasteiger partial charge is 0.484 e. The molecule has 378 valence electrons. The highest BCUT2D eigenvalue weighted by Gasteiger charge is 2.41. The Balaban J connectivity index is 0.00000114. The molecule has 9 unspecified atom stereocenters. The van der Waals surface area contributed by atoms with Crippen molar-refractivity contribution >= 4 is 28.8 Å². The van der Waals surface area contributed by atoms with Crippen molar-refractivity contribution in [2.24, 2.45) is 28.7 Å². The minimum Gasteiger partial charge on any atom is -0.484 e. The zero-order valence-electron chi connectivity index (χ0n) is 43.4. The molecule has 3 heterocycles. The lowest BCUT2D eigenvalue weighted by Crippen LogP contribution is -2.60. The molecule has 0 amide bonds. The van der Waals surface area contributed by atoms with Crippen molar-refractivity contribution in [2.75, 3.05) is 27.7 Å². The van der Waals surface area contributed by atoms with Crippen molar-refractivity contribution in [3.63, 3.8) is 0 Å². The van der Waals surface area contributed by atoms with Gasteiger partial charge in [0, 0.05) is 55.9 Å². The lowest BCUT2D eigenvalue weighted by Gasteiger charge is -2.42. The second-order valence-electron chi connectivity index (χ2n) is 18.0. The van der Waals surface area contributed by atoms with Crippen molar-refractivity contribution in [1.82, 2.24) is 15.2 Å². The van der Waals surface area contributed by atoms with Gasteiger partial charge in [-0.05, 0) is 104 Å². The average Bonchev–Trinajstić information content (AvgIpc) is 3.28. The Morgan fingerprint density at radius 2 is 1.65 bits per heavy atom. The number of carbonyl (C=O) groups is 1. The maximum atomic E-state index is 11.2. The zero-order valence-corrected chi connectivity index (χ0v) is 43.4. The number of pyridine rings is 1. The van der Waals surface area contributed by atoms with Crippen LogP contribution >= 0.6 is 0 Å². The molecule has 4 rings (SSSR count). The number of carbonyl (C=O) groups excluding carboxylic acids is 1. The van der Waals surface area contributed by atoms with Crippen LogP contribution in [0.3, 0.4) is 0 Å². The summed E-state index contributed by atoms with van der Waals surface area (Å²) in [5, 5.41) is 55.6. The van der Waals surface area contributed by atoms with Gasteiger partial charge in [0.05, 0.1) is 54.9 Å². The quantitative estimate of drug-likeness (QED) is 0.0478. The van der Waals surface area contributed by atoms with Crippen LogP contribution in [0.4, 0.5) is 5.69 Å². The number of rotatable bonds is 18. The van der Waals surface area contributed by atoms with Crippen LogP contribution in [-0.4, -0.2) is 142 Å². The molecule has 14 nitrogen and oxygen atoms in total. The average molecular weight is 923 g/mol. The maximum Gasteiger partial charge on any atom is 0.184 e. The fourth-order valence-electron chi connectivity index (χ4n) is 8.33. The molecule has 1 aromatic heterocycles. The van der Waals surface area contributed by atoms with Gasteiger partial charge < -0.3 is 59.5 Å². The molecule has 2 saturated heterocycles. The highest BCUT2D eigenvalue weighted by Crippen LogP contribution is 2.30. The maximum absolute atomic E-state index is 11.2. The third-order valence-electron chi connectivity index (χ3n) is 12.3. The van der Waals surface area contributed by atoms with Crippen LogP contribution in [0.5, 0.6) is 0 Å². The number of hydrogen-bond acceptors (Lipinski definition) is 14. The predicted octanol–water partition coefficient (Wildman–Crippen LogP) is 8.06. The second kappa shape index (κ2) is 33.0. The Hall–Kier alpha value is -2.63. The first-order chi connectivity index (χ1) is 30.7. The van der Waals surface area contributed by atoms with Crippen molar-refractivity contribution in [2.45, 2.75) is 209 Å². The number of aliphatic hydroxyl groups excluding tert-OH is 4. The monoisotopic (exact) mass is 923 g/mol. The topological polar surface area (TPSA) is 196 Å². The van der Waals surface area contributed by atoms with Crippen molar-refractivity contribution in [3.05, 3.63) is 36.5 Å². The molecule has 0 aliphatic carbocycles. The summed E-state index contributed by atoms with van der Waals surface area (Å²) in [4.78, 5) is 21.8. The molecule has 65 heavy (non-hydrogen) atoms. The minimum atomic E-state index is -1.28. The number of benzene rings is 1. The molecule has 0 spiro atoms. The van der Waals surface area contributed by atoms with Crippen LogP contribution < -0.4 is 5.32 Å². The minimum absolute atomic E-state index is 0.0864. The number of hydrogen-bond donors (Lipinski definition) is 6. The summed E-state index contributed by atoms with van der Waals surface area (Å²) in [6.45, 7) is 27.9. The first-order valence-corrected chi connectivity index (χ1v) is 24.3. The Morgan fingerprint density at radius 3 is 2.20 bits per heavy atom. The number of methoxy groups -OCH3 is 1. The zero-order chi connectivity index (χ0) is 50.0. The molecule has 0 saturated carbocycles. The van der Waals surface area contributed by atoms with Crippen LogP contribution in [0.15, 0.2) is 41.5 Å². The van der Waals surface area contributed by atoms with Crippen LogP contribution in [-0.2, 0) is 23.7 Å². The SMILES string of the molecule is CC.CC.CC1C[C@H](O)OC(C)[C@@H]1O.CC[C@@H](NC)[C@@](C)(O)C(O)C(C)N(C)C[C@H](C)CC(O)[C@@H](CCC(C)C=O)OC1CC(C)CC(C)O1.COC(C)=Nc1ccnc2ccccc12. The molecular formula is C51H94N4O10. The lowest BCUT2D eigenvalue weighted by atomic mass is 9.84. The van der Waals surface area contributed by atoms with E-state index in [1.165, 1.54) is 0 Å². The molecule has 14 heteroatoms. The van der Waals surface area contributed by atoms with E-state index in [2.05, 4.69) is 36.1 Å². The third kappa shape index (κ3) is 21.9. The summed E-state index contributed by atoms with van der Waals surface area (Å²) in [6, 6.07) is 9.30. The van der Waals surface area contributed by atoms with E-state index in [1.54, 1.807) is 34.2 Å². The molecule has 2 aromatic rings. The number of fused-ring (bicyclic) bond motifs is 1. The molecular weight excluding hydrogens is 829 g/mol. The van der Waals surface area contributed by atoms with E-state index in [0.717, 1.165) is 35.7 Å². The fraction of sp³-hybridized carbons (Fsp3) is 0.784. The van der Waals surface area contributed by atoms with Gasteiger partial charge in [-0.15, -0.1) is 0 Å². The number of aromatic nitrogens is 1. The molecule has 15 atom stereocenters. The summed E-state index contributed by atoms with van der Waals surface area (Å²) >= 11 is 0. The number of ether oxygens (including phenoxy) is 4. The summed E-state index contributed by atoms with van der Waals surface area (Å²) in [6.07, 6.45) is 3.89. The molecule has 2 aliphatic rings. The Morgan fingerprint density at radius 1 is 1.02 bits per heavy atom. The van der Waals surface area contributed by atoms with E-state index in [0.29, 0.717) is 50.5 Å². The van der Waals surface area contributed by atoms with E-state index in [9.17, 15) is 25.2 Å². The lowest BCUT2D eigenvalue weighted by molar-refractivity contribution is -0.236. The number of para-hydroxylation sites is 1. The summed E-state index contributed by atoms with van der Waals surface area (Å²) in [7, 11) is 5.34. The van der Waals surface area contributed by atoms with Crippen molar-refractivity contribution < 1.29 is 49.3 Å². The predicted molar refractivity (Wildman–Crippen MR) is 264 cm³/mol. The van der Waals surface area contributed by atoms with Crippen LogP contribution in [0.25, 0.3) is 10.9 Å². The molecule has 0 radical (unpaired) electrons. The number of nitrogens with one attached hydrogen (secondary N) is 1. The van der Waals surface area contributed by atoms with Gasteiger partial charge in [0.15, 0.2) is 18.5 Å². The van der Waals surface area contributed by atoms with Gasteiger partial charge in [0.25, 0.3) is 0 Å². The molecule has 6 N–H and O–H groups in total. The Labute approximate surface area is 393 Å². The van der Waals surface area contributed by atoms with Gasteiger partial charge in [-0.1, -0.05) is 80.5 Å². The van der Waals surface area contributed by atoms with Crippen molar-refractivity contribution in [3.8, 4) is 0 Å². The first kappa shape index (κ1) is 62.4. The molecule has 2 fully saturated rings. The number of likely N-dealkylation sites (N-methyl/N-ethyl adjacent to an activating group) is 2. The van der Waals surface area contributed by atoms with Crippen molar-refractivity contribution in [1.29, 1.82) is 0 Å². The Bertz CT molecular complexity index is 1540. The number of aliphatic hydroxyl groups is 5. The van der Waals surface area contributed by atoms with Crippen LogP contribution in [0.1, 0.15) is 142 Å². The summed E-state index contributed by atoms with van der Waals surface area (Å²) in [5.41, 5.74) is 0.560. The summed E-state index contributed by atoms with van der Waals surface area (Å²) < 4.78 is 22.3. The Kier molecular flexibility index (Phi) is 31.6. The second-order valence-corrected chi connectivity index (χ2v) is 18.0. The normalized spacial score (nSPS) is 26.3. The molecule has 2 aliphatic heterocycles. The smallest absolute Gasteiger partial charge is 0.184 e. The van der Waals surface area contributed by atoms with Gasteiger partial charge in [0.1, 0.15) is 11.9 Å². The van der Waals surface area contributed by atoms with Gasteiger partial charge in [-0.3, -0.25) is 4.98 Å². The van der Waals surface area contributed by atoms with Gasteiger partial charge >= 0.3 is 0 Å². The van der Waals surface area contributed by atoms with E-state index in [4.69, 9.17) is 24.1 Å². The van der Waals surface area contributed by atoms with E-state index in [1.807, 2.05) is 105 Å². The molecule has 1 aromatic carbocycles. The van der Waals surface area contributed by atoms with E-state index >= 15 is 0 Å². The van der Waals surface area contributed by atoms with Gasteiger partial charge in [0.2, 0.25) is 0 Å². The van der Waals surface area contributed by atoms with E-state index < -0.39 is 36.3 Å². The number of aliphatic imine (C=N–C) groups is 1. The van der Waals surface area contributed by atoms with Gasteiger partial charge in [-0.2, -0.15) is 0 Å². The third-order valence-corrected chi connectivity index (χ3v) is 12.3. The number of nitrogens with zero attached hydrogens (tertiary/aromatic N) is 3.